The van der Waals surface area contributed by atoms with E-state index in [-0.39, 0.29) is 34.9 Å². The van der Waals surface area contributed by atoms with Gasteiger partial charge < -0.3 is 9.84 Å². The summed E-state index contributed by atoms with van der Waals surface area (Å²) >= 11 is 1.20. The summed E-state index contributed by atoms with van der Waals surface area (Å²) in [7, 11) is -8.27. The van der Waals surface area contributed by atoms with Gasteiger partial charge >= 0.3 is 5.97 Å². The number of benzene rings is 3. The standard InChI is InChI=1S/C27H23FN4O8S3/c28-23-11-18(3-10-22(23)25-12-26(33)30-42(25,36)37)14-32(13-17-1-4-19(5-2-17)24-16-41-31-29-24)43(38,39)21-8-6-20(7-9-21)40-15-27(34)35/h1-11,16,25H,12-15H2,(H,30,33)(H,34,35). The van der Waals surface area contributed by atoms with Gasteiger partial charge in [-0.15, -0.1) is 5.10 Å². The van der Waals surface area contributed by atoms with Crippen molar-refractivity contribution in [1.82, 2.24) is 18.6 Å². The van der Waals surface area contributed by atoms with E-state index in [0.29, 0.717) is 11.3 Å². The minimum atomic E-state index is -4.20. The fourth-order valence-corrected chi connectivity index (χ4v) is 7.78. The summed E-state index contributed by atoms with van der Waals surface area (Å²) in [6, 6.07) is 15.9. The Kier molecular flexibility index (Phi) is 8.55. The molecular weight excluding hydrogens is 624 g/mol. The first kappa shape index (κ1) is 30.2. The maximum Gasteiger partial charge on any atom is 0.341 e. The first-order chi connectivity index (χ1) is 20.4. The van der Waals surface area contributed by atoms with E-state index in [9.17, 15) is 26.4 Å². The van der Waals surface area contributed by atoms with Gasteiger partial charge in [0, 0.05) is 29.6 Å². The van der Waals surface area contributed by atoms with Crippen molar-refractivity contribution in [2.75, 3.05) is 6.61 Å². The Morgan fingerprint density at radius 2 is 1.74 bits per heavy atom. The van der Waals surface area contributed by atoms with Crippen LogP contribution >= 0.6 is 11.5 Å². The summed E-state index contributed by atoms with van der Waals surface area (Å²) in [5, 5.41) is 13.2. The normalized spacial score (nSPS) is 16.2. The van der Waals surface area contributed by atoms with E-state index in [0.717, 1.165) is 15.9 Å². The second kappa shape index (κ2) is 12.2. The summed E-state index contributed by atoms with van der Waals surface area (Å²) < 4.78 is 79.2. The van der Waals surface area contributed by atoms with Crippen molar-refractivity contribution in [2.45, 2.75) is 29.7 Å². The highest BCUT2D eigenvalue weighted by atomic mass is 32.2. The molecule has 16 heteroatoms. The first-order valence-electron chi connectivity index (χ1n) is 12.6. The number of carboxylic acid groups (broad SMARTS) is 1. The summed E-state index contributed by atoms with van der Waals surface area (Å²) in [6.45, 7) is -0.976. The molecule has 0 spiro atoms. The second-order valence-corrected chi connectivity index (χ2v) is 13.9. The Bertz CT molecular complexity index is 1870. The van der Waals surface area contributed by atoms with Crippen LogP contribution in [0.3, 0.4) is 0 Å². The molecule has 3 aromatic carbocycles. The Balaban J connectivity index is 1.44. The van der Waals surface area contributed by atoms with Crippen LogP contribution in [0.5, 0.6) is 5.75 Å². The number of carboxylic acids is 1. The highest BCUT2D eigenvalue weighted by Crippen LogP contribution is 2.33. The monoisotopic (exact) mass is 646 g/mol. The third-order valence-corrected chi connectivity index (χ3v) is 10.6. The van der Waals surface area contributed by atoms with Gasteiger partial charge in [-0.1, -0.05) is 40.9 Å². The zero-order chi connectivity index (χ0) is 30.8. The van der Waals surface area contributed by atoms with Gasteiger partial charge in [0.25, 0.3) is 0 Å². The largest absolute Gasteiger partial charge is 0.482 e. The number of nitrogens with zero attached hydrogens (tertiary/aromatic N) is 3. The number of amides is 1. The average Bonchev–Trinajstić information content (AvgIpc) is 3.59. The van der Waals surface area contributed by atoms with E-state index in [4.69, 9.17) is 9.84 Å². The zero-order valence-electron chi connectivity index (χ0n) is 22.1. The van der Waals surface area contributed by atoms with E-state index < -0.39 is 56.0 Å². The Labute approximate surface area is 250 Å². The van der Waals surface area contributed by atoms with Crippen LogP contribution in [-0.2, 0) is 42.7 Å². The second-order valence-electron chi connectivity index (χ2n) is 9.53. The summed E-state index contributed by atoms with van der Waals surface area (Å²) in [5.41, 5.74) is 2.13. The van der Waals surface area contributed by atoms with Crippen LogP contribution in [0.2, 0.25) is 0 Å². The highest BCUT2D eigenvalue weighted by molar-refractivity contribution is 7.90. The van der Waals surface area contributed by atoms with Gasteiger partial charge in [-0.25, -0.2) is 26.0 Å². The highest BCUT2D eigenvalue weighted by Gasteiger charge is 2.39. The van der Waals surface area contributed by atoms with Crippen LogP contribution in [0.25, 0.3) is 11.3 Å². The zero-order valence-corrected chi connectivity index (χ0v) is 24.5. The smallest absolute Gasteiger partial charge is 0.341 e. The topological polar surface area (TPSA) is 173 Å². The molecule has 2 heterocycles. The lowest BCUT2D eigenvalue weighted by molar-refractivity contribution is -0.139. The number of carbonyl (C=O) groups excluding carboxylic acids is 1. The minimum absolute atomic E-state index is 0.103. The van der Waals surface area contributed by atoms with E-state index in [1.54, 1.807) is 29.6 Å². The SMILES string of the molecule is O=C(O)COc1ccc(S(=O)(=O)N(Cc2ccc(-c3csnn3)cc2)Cc2ccc(C3CC(=O)NS3(=O)=O)c(F)c2)cc1. The lowest BCUT2D eigenvalue weighted by atomic mass is 10.1. The maximum atomic E-state index is 15.2. The summed E-state index contributed by atoms with van der Waals surface area (Å²) in [5.74, 6) is -2.65. The van der Waals surface area contributed by atoms with Gasteiger partial charge in [-0.3, -0.25) is 9.52 Å². The van der Waals surface area contributed by atoms with Gasteiger partial charge in [-0.2, -0.15) is 4.31 Å². The maximum absolute atomic E-state index is 15.2. The van der Waals surface area contributed by atoms with Crippen LogP contribution < -0.4 is 9.46 Å². The number of hydrogen-bond acceptors (Lipinski definition) is 10. The number of hydrogen-bond donors (Lipinski definition) is 2. The van der Waals surface area contributed by atoms with E-state index in [1.165, 1.54) is 47.9 Å². The minimum Gasteiger partial charge on any atom is -0.482 e. The quantitative estimate of drug-likeness (QED) is 0.247. The molecule has 0 saturated carbocycles. The van der Waals surface area contributed by atoms with Crippen LogP contribution in [0.4, 0.5) is 4.39 Å². The molecule has 12 nitrogen and oxygen atoms in total. The van der Waals surface area contributed by atoms with Crippen molar-refractivity contribution in [3.05, 3.63) is 94.6 Å². The van der Waals surface area contributed by atoms with Crippen molar-refractivity contribution in [1.29, 1.82) is 0 Å². The molecular formula is C27H23FN4O8S3. The van der Waals surface area contributed by atoms with Gasteiger partial charge in [-0.05, 0) is 53.0 Å². The molecule has 1 amide bonds. The predicted molar refractivity (Wildman–Crippen MR) is 152 cm³/mol. The lowest BCUT2D eigenvalue weighted by Gasteiger charge is -2.23. The van der Waals surface area contributed by atoms with Gasteiger partial charge in [0.15, 0.2) is 6.61 Å². The molecule has 43 heavy (non-hydrogen) atoms. The first-order valence-corrected chi connectivity index (χ1v) is 16.4. The van der Waals surface area contributed by atoms with Gasteiger partial charge in [0.05, 0.1) is 11.3 Å². The van der Waals surface area contributed by atoms with Crippen LogP contribution in [-0.4, -0.2) is 54.3 Å². The molecule has 5 rings (SSSR count). The fourth-order valence-electron chi connectivity index (χ4n) is 4.46. The van der Waals surface area contributed by atoms with E-state index in [2.05, 4.69) is 9.59 Å². The number of aliphatic carboxylic acids is 1. The Morgan fingerprint density at radius 1 is 1.07 bits per heavy atom. The fraction of sp³-hybridized carbons (Fsp3) is 0.185. The van der Waals surface area contributed by atoms with Crippen molar-refractivity contribution in [2.24, 2.45) is 0 Å². The molecule has 1 aliphatic heterocycles. The summed E-state index contributed by atoms with van der Waals surface area (Å²) in [6.07, 6.45) is -0.418. The molecule has 0 radical (unpaired) electrons. The van der Waals surface area contributed by atoms with Crippen LogP contribution in [0, 0.1) is 5.82 Å². The van der Waals surface area contributed by atoms with Crippen molar-refractivity contribution < 1.29 is 40.7 Å². The third-order valence-electron chi connectivity index (χ3n) is 6.56. The molecule has 1 saturated heterocycles. The van der Waals surface area contributed by atoms with E-state index >= 15 is 4.39 Å². The van der Waals surface area contributed by atoms with Crippen molar-refractivity contribution in [3.8, 4) is 17.0 Å². The van der Waals surface area contributed by atoms with E-state index in [1.807, 2.05) is 4.72 Å². The lowest BCUT2D eigenvalue weighted by Crippen LogP contribution is -2.30. The van der Waals surface area contributed by atoms with Gasteiger partial charge in [0.1, 0.15) is 22.5 Å². The van der Waals surface area contributed by atoms with Crippen LogP contribution in [0.1, 0.15) is 28.4 Å². The number of carbonyl (C=O) groups is 2. The number of nitrogens with one attached hydrogen (secondary N) is 1. The number of halogens is 1. The molecule has 0 bridgehead atoms. The summed E-state index contributed by atoms with van der Waals surface area (Å²) in [4.78, 5) is 22.3. The molecule has 224 valence electrons. The molecule has 1 atom stereocenters. The van der Waals surface area contributed by atoms with Crippen LogP contribution in [0.15, 0.2) is 77.0 Å². The van der Waals surface area contributed by atoms with Crippen molar-refractivity contribution in [3.63, 3.8) is 0 Å². The average molecular weight is 647 g/mol. The number of ether oxygens (including phenoxy) is 1. The molecule has 1 aromatic heterocycles. The van der Waals surface area contributed by atoms with Crippen molar-refractivity contribution >= 4 is 43.5 Å². The third kappa shape index (κ3) is 6.88. The number of aromatic nitrogens is 2. The van der Waals surface area contributed by atoms with Gasteiger partial charge in [0.2, 0.25) is 26.0 Å². The Hall–Kier alpha value is -4.25. The molecule has 1 fully saturated rings. The molecule has 4 aromatic rings. The molecule has 1 aliphatic rings. The predicted octanol–water partition coefficient (Wildman–Crippen LogP) is 3.09. The Morgan fingerprint density at radius 3 is 2.33 bits per heavy atom. The number of rotatable bonds is 11. The molecule has 1 unspecified atom stereocenters. The number of sulfonamides is 2. The molecule has 2 N–H and O–H groups in total. The molecule has 0 aliphatic carbocycles.